The van der Waals surface area contributed by atoms with Gasteiger partial charge >= 0.3 is 5.97 Å². The predicted octanol–water partition coefficient (Wildman–Crippen LogP) is 3.29. The average molecular weight is 346 g/mol. The van der Waals surface area contributed by atoms with Crippen LogP contribution in [0.25, 0.3) is 0 Å². The van der Waals surface area contributed by atoms with Crippen molar-refractivity contribution in [3.8, 4) is 0 Å². The van der Waals surface area contributed by atoms with Crippen molar-refractivity contribution in [2.24, 2.45) is 5.92 Å². The maximum Gasteiger partial charge on any atom is 0.306 e. The third kappa shape index (κ3) is 5.85. The molecule has 0 heterocycles. The van der Waals surface area contributed by atoms with E-state index in [9.17, 15) is 9.59 Å². The SMILES string of the molecule is CCCN(CC)Cc1ccc(C(=O)NC2CCC(C(=O)O)CC2)cc1. The van der Waals surface area contributed by atoms with Crippen LogP contribution < -0.4 is 5.32 Å². The molecule has 2 rings (SSSR count). The van der Waals surface area contributed by atoms with Gasteiger partial charge in [-0.25, -0.2) is 0 Å². The molecule has 25 heavy (non-hydrogen) atoms. The Balaban J connectivity index is 1.85. The van der Waals surface area contributed by atoms with Gasteiger partial charge < -0.3 is 10.4 Å². The zero-order valence-corrected chi connectivity index (χ0v) is 15.3. The summed E-state index contributed by atoms with van der Waals surface area (Å²) in [4.78, 5) is 25.8. The van der Waals surface area contributed by atoms with Crippen molar-refractivity contribution in [1.82, 2.24) is 10.2 Å². The highest BCUT2D eigenvalue weighted by atomic mass is 16.4. The first-order valence-corrected chi connectivity index (χ1v) is 9.38. The number of carbonyl (C=O) groups excluding carboxylic acids is 1. The first-order valence-electron chi connectivity index (χ1n) is 9.38. The molecule has 5 nitrogen and oxygen atoms in total. The molecular weight excluding hydrogens is 316 g/mol. The molecule has 0 saturated heterocycles. The van der Waals surface area contributed by atoms with E-state index in [1.165, 1.54) is 5.56 Å². The zero-order chi connectivity index (χ0) is 18.2. The van der Waals surface area contributed by atoms with Crippen molar-refractivity contribution < 1.29 is 14.7 Å². The third-order valence-electron chi connectivity index (χ3n) is 5.02. The van der Waals surface area contributed by atoms with Crippen LogP contribution in [0.5, 0.6) is 0 Å². The Hall–Kier alpha value is -1.88. The molecule has 1 fully saturated rings. The molecule has 0 aromatic heterocycles. The van der Waals surface area contributed by atoms with Crippen LogP contribution in [0.1, 0.15) is 61.9 Å². The minimum atomic E-state index is -0.718. The van der Waals surface area contributed by atoms with Crippen LogP contribution in [-0.2, 0) is 11.3 Å². The monoisotopic (exact) mass is 346 g/mol. The van der Waals surface area contributed by atoms with E-state index in [2.05, 4.69) is 24.1 Å². The van der Waals surface area contributed by atoms with E-state index in [-0.39, 0.29) is 17.9 Å². The van der Waals surface area contributed by atoms with Gasteiger partial charge in [-0.1, -0.05) is 26.0 Å². The topological polar surface area (TPSA) is 69.6 Å². The van der Waals surface area contributed by atoms with Crippen LogP contribution >= 0.6 is 0 Å². The Morgan fingerprint density at radius 2 is 1.76 bits per heavy atom. The van der Waals surface area contributed by atoms with Gasteiger partial charge in [0.1, 0.15) is 0 Å². The molecule has 138 valence electrons. The highest BCUT2D eigenvalue weighted by Crippen LogP contribution is 2.24. The number of benzene rings is 1. The summed E-state index contributed by atoms with van der Waals surface area (Å²) in [5.74, 6) is -1.03. The van der Waals surface area contributed by atoms with Gasteiger partial charge in [0.15, 0.2) is 0 Å². The van der Waals surface area contributed by atoms with E-state index in [1.54, 1.807) is 0 Å². The molecule has 1 aromatic carbocycles. The van der Waals surface area contributed by atoms with Gasteiger partial charge in [0.05, 0.1) is 5.92 Å². The summed E-state index contributed by atoms with van der Waals surface area (Å²) < 4.78 is 0. The van der Waals surface area contributed by atoms with Crippen LogP contribution in [0.3, 0.4) is 0 Å². The molecule has 1 aliphatic rings. The van der Waals surface area contributed by atoms with E-state index in [4.69, 9.17) is 5.11 Å². The number of rotatable bonds is 8. The molecule has 1 aromatic rings. The van der Waals surface area contributed by atoms with E-state index < -0.39 is 5.97 Å². The fourth-order valence-corrected chi connectivity index (χ4v) is 3.44. The van der Waals surface area contributed by atoms with Gasteiger partial charge in [-0.15, -0.1) is 0 Å². The summed E-state index contributed by atoms with van der Waals surface area (Å²) in [6, 6.07) is 7.90. The highest BCUT2D eigenvalue weighted by molar-refractivity contribution is 5.94. The van der Waals surface area contributed by atoms with Crippen molar-refractivity contribution in [1.29, 1.82) is 0 Å². The maximum atomic E-state index is 12.4. The van der Waals surface area contributed by atoms with Crippen molar-refractivity contribution in [3.05, 3.63) is 35.4 Å². The standard InChI is InChI=1S/C20H30N2O3/c1-3-13-22(4-2)14-15-5-7-16(8-6-15)19(23)21-18-11-9-17(10-12-18)20(24)25/h5-8,17-18H,3-4,9-14H2,1-2H3,(H,21,23)(H,24,25). The number of nitrogens with one attached hydrogen (secondary N) is 1. The molecule has 5 heteroatoms. The van der Waals surface area contributed by atoms with Crippen LogP contribution in [0.2, 0.25) is 0 Å². The molecule has 0 spiro atoms. The first kappa shape index (κ1) is 19.4. The van der Waals surface area contributed by atoms with Gasteiger partial charge in [0, 0.05) is 18.2 Å². The third-order valence-corrected chi connectivity index (χ3v) is 5.02. The second-order valence-corrected chi connectivity index (χ2v) is 6.93. The summed E-state index contributed by atoms with van der Waals surface area (Å²) in [6.45, 7) is 7.36. The Labute approximate surface area is 150 Å². The number of nitrogens with zero attached hydrogens (tertiary/aromatic N) is 1. The van der Waals surface area contributed by atoms with Crippen LogP contribution in [0, 0.1) is 5.92 Å². The van der Waals surface area contributed by atoms with Crippen LogP contribution in [-0.4, -0.2) is 41.0 Å². The quantitative estimate of drug-likeness (QED) is 0.758. The van der Waals surface area contributed by atoms with E-state index in [1.807, 2.05) is 24.3 Å². The number of hydrogen-bond acceptors (Lipinski definition) is 3. The second-order valence-electron chi connectivity index (χ2n) is 6.93. The zero-order valence-electron chi connectivity index (χ0n) is 15.3. The Kier molecular flexibility index (Phi) is 7.44. The van der Waals surface area contributed by atoms with E-state index in [0.717, 1.165) is 38.9 Å². The molecular formula is C20H30N2O3. The molecule has 0 bridgehead atoms. The lowest BCUT2D eigenvalue weighted by atomic mass is 9.86. The summed E-state index contributed by atoms with van der Waals surface area (Å²) in [5.41, 5.74) is 1.89. The summed E-state index contributed by atoms with van der Waals surface area (Å²) in [5, 5.41) is 12.1. The molecule has 0 unspecified atom stereocenters. The molecule has 0 aliphatic heterocycles. The number of carboxylic acid groups (broad SMARTS) is 1. The normalized spacial score (nSPS) is 20.4. The predicted molar refractivity (Wildman–Crippen MR) is 98.5 cm³/mol. The first-order chi connectivity index (χ1) is 12.0. The van der Waals surface area contributed by atoms with Gasteiger partial charge in [-0.3, -0.25) is 14.5 Å². The summed E-state index contributed by atoms with van der Waals surface area (Å²) in [7, 11) is 0. The maximum absolute atomic E-state index is 12.4. The number of carboxylic acids is 1. The molecule has 2 N–H and O–H groups in total. The lowest BCUT2D eigenvalue weighted by molar-refractivity contribution is -0.142. The Morgan fingerprint density at radius 3 is 2.28 bits per heavy atom. The van der Waals surface area contributed by atoms with Gasteiger partial charge in [0.2, 0.25) is 0 Å². The minimum absolute atomic E-state index is 0.0637. The number of aliphatic carboxylic acids is 1. The molecule has 0 radical (unpaired) electrons. The lowest BCUT2D eigenvalue weighted by Crippen LogP contribution is -2.38. The van der Waals surface area contributed by atoms with Crippen molar-refractivity contribution in [2.75, 3.05) is 13.1 Å². The van der Waals surface area contributed by atoms with Crippen molar-refractivity contribution in [2.45, 2.75) is 58.5 Å². The van der Waals surface area contributed by atoms with Gasteiger partial charge in [-0.05, 0) is 62.9 Å². The van der Waals surface area contributed by atoms with Crippen molar-refractivity contribution >= 4 is 11.9 Å². The lowest BCUT2D eigenvalue weighted by Gasteiger charge is -2.26. The van der Waals surface area contributed by atoms with Crippen molar-refractivity contribution in [3.63, 3.8) is 0 Å². The molecule has 0 atom stereocenters. The van der Waals surface area contributed by atoms with Gasteiger partial charge in [-0.2, -0.15) is 0 Å². The molecule has 1 amide bonds. The number of hydrogen-bond donors (Lipinski definition) is 2. The smallest absolute Gasteiger partial charge is 0.306 e. The fourth-order valence-electron chi connectivity index (χ4n) is 3.44. The number of amides is 1. The largest absolute Gasteiger partial charge is 0.481 e. The van der Waals surface area contributed by atoms with E-state index >= 15 is 0 Å². The number of carbonyl (C=O) groups is 2. The van der Waals surface area contributed by atoms with Crippen LogP contribution in [0.4, 0.5) is 0 Å². The second kappa shape index (κ2) is 9.56. The Bertz CT molecular complexity index is 563. The van der Waals surface area contributed by atoms with Gasteiger partial charge in [0.25, 0.3) is 5.91 Å². The molecule has 1 saturated carbocycles. The highest BCUT2D eigenvalue weighted by Gasteiger charge is 2.26. The molecule has 1 aliphatic carbocycles. The average Bonchev–Trinajstić information content (AvgIpc) is 2.62. The summed E-state index contributed by atoms with van der Waals surface area (Å²) in [6.07, 6.45) is 3.90. The van der Waals surface area contributed by atoms with Crippen LogP contribution in [0.15, 0.2) is 24.3 Å². The van der Waals surface area contributed by atoms with E-state index in [0.29, 0.717) is 18.4 Å². The fraction of sp³-hybridized carbons (Fsp3) is 0.600. The minimum Gasteiger partial charge on any atom is -0.481 e. The Morgan fingerprint density at radius 1 is 1.12 bits per heavy atom. The summed E-state index contributed by atoms with van der Waals surface area (Å²) >= 11 is 0.